The SMILES string of the molecule is Cc1cc(C)cc(NC(=O)CN2C(=O)[C@@H]3CC=CC[C@H]3C2=O)c1. The smallest absolute Gasteiger partial charge is 0.244 e. The molecule has 1 aliphatic heterocycles. The van der Waals surface area contributed by atoms with Gasteiger partial charge in [-0.05, 0) is 49.9 Å². The molecule has 1 aliphatic carbocycles. The molecule has 1 aromatic rings. The number of nitrogens with one attached hydrogen (secondary N) is 1. The maximum absolute atomic E-state index is 12.3. The van der Waals surface area contributed by atoms with E-state index in [1.807, 2.05) is 44.2 Å². The lowest BCUT2D eigenvalue weighted by atomic mass is 9.85. The lowest BCUT2D eigenvalue weighted by molar-refractivity contribution is -0.142. The molecule has 5 nitrogen and oxygen atoms in total. The number of hydrogen-bond acceptors (Lipinski definition) is 3. The van der Waals surface area contributed by atoms with Crippen molar-refractivity contribution in [2.75, 3.05) is 11.9 Å². The molecular weight excluding hydrogens is 292 g/mol. The van der Waals surface area contributed by atoms with E-state index in [9.17, 15) is 14.4 Å². The molecule has 3 rings (SSSR count). The van der Waals surface area contributed by atoms with E-state index < -0.39 is 0 Å². The van der Waals surface area contributed by atoms with Crippen molar-refractivity contribution in [3.8, 4) is 0 Å². The molecular formula is C18H20N2O3. The van der Waals surface area contributed by atoms with Crippen LogP contribution in [0.15, 0.2) is 30.4 Å². The van der Waals surface area contributed by atoms with E-state index in [0.717, 1.165) is 16.0 Å². The van der Waals surface area contributed by atoms with Crippen molar-refractivity contribution in [1.82, 2.24) is 4.90 Å². The molecule has 5 heteroatoms. The Morgan fingerprint density at radius 3 is 2.09 bits per heavy atom. The fourth-order valence-corrected chi connectivity index (χ4v) is 3.42. The van der Waals surface area contributed by atoms with E-state index in [0.29, 0.717) is 18.5 Å². The van der Waals surface area contributed by atoms with Gasteiger partial charge >= 0.3 is 0 Å². The number of carbonyl (C=O) groups excluding carboxylic acids is 3. The van der Waals surface area contributed by atoms with Gasteiger partial charge in [0.05, 0.1) is 11.8 Å². The minimum Gasteiger partial charge on any atom is -0.325 e. The summed E-state index contributed by atoms with van der Waals surface area (Å²) in [5.74, 6) is -1.37. The first-order valence-electron chi connectivity index (χ1n) is 7.84. The summed E-state index contributed by atoms with van der Waals surface area (Å²) in [4.78, 5) is 38.0. The molecule has 1 N–H and O–H groups in total. The lowest BCUT2D eigenvalue weighted by Gasteiger charge is -2.15. The molecule has 1 fully saturated rings. The molecule has 2 aliphatic rings. The Kier molecular flexibility index (Phi) is 4.03. The summed E-state index contributed by atoms with van der Waals surface area (Å²) in [6, 6.07) is 5.74. The van der Waals surface area contributed by atoms with Gasteiger partial charge < -0.3 is 5.32 Å². The highest BCUT2D eigenvalue weighted by atomic mass is 16.2. The minimum absolute atomic E-state index is 0.211. The monoisotopic (exact) mass is 312 g/mol. The predicted octanol–water partition coefficient (Wildman–Crippen LogP) is 2.19. The van der Waals surface area contributed by atoms with Crippen molar-refractivity contribution in [2.24, 2.45) is 11.8 Å². The van der Waals surface area contributed by atoms with Gasteiger partial charge in [0.15, 0.2) is 0 Å². The Balaban J connectivity index is 1.68. The Labute approximate surface area is 135 Å². The number of imide groups is 1. The van der Waals surface area contributed by atoms with E-state index in [-0.39, 0.29) is 36.1 Å². The van der Waals surface area contributed by atoms with Crippen LogP contribution >= 0.6 is 0 Å². The van der Waals surface area contributed by atoms with Crippen LogP contribution in [0.4, 0.5) is 5.69 Å². The molecule has 0 aromatic heterocycles. The molecule has 0 saturated carbocycles. The molecule has 23 heavy (non-hydrogen) atoms. The van der Waals surface area contributed by atoms with Gasteiger partial charge in [0.1, 0.15) is 6.54 Å². The molecule has 3 amide bonds. The van der Waals surface area contributed by atoms with Crippen LogP contribution in [0.5, 0.6) is 0 Å². The van der Waals surface area contributed by atoms with Gasteiger partial charge in [-0.1, -0.05) is 18.2 Å². The van der Waals surface area contributed by atoms with Gasteiger partial charge in [-0.3, -0.25) is 19.3 Å². The van der Waals surface area contributed by atoms with Gasteiger partial charge in [0.25, 0.3) is 0 Å². The van der Waals surface area contributed by atoms with Crippen LogP contribution in [-0.4, -0.2) is 29.2 Å². The van der Waals surface area contributed by atoms with E-state index in [1.54, 1.807) is 0 Å². The van der Waals surface area contributed by atoms with E-state index in [1.165, 1.54) is 0 Å². The Morgan fingerprint density at radius 2 is 1.57 bits per heavy atom. The Morgan fingerprint density at radius 1 is 1.04 bits per heavy atom. The second kappa shape index (κ2) is 5.99. The molecule has 0 unspecified atom stereocenters. The zero-order valence-electron chi connectivity index (χ0n) is 13.3. The fraction of sp³-hybridized carbons (Fsp3) is 0.389. The number of carbonyl (C=O) groups is 3. The van der Waals surface area contributed by atoms with Crippen molar-refractivity contribution < 1.29 is 14.4 Å². The molecule has 1 aromatic carbocycles. The average Bonchev–Trinajstić information content (AvgIpc) is 2.72. The van der Waals surface area contributed by atoms with E-state index >= 15 is 0 Å². The third-order valence-electron chi connectivity index (χ3n) is 4.41. The highest BCUT2D eigenvalue weighted by Crippen LogP contribution is 2.34. The summed E-state index contributed by atoms with van der Waals surface area (Å²) in [7, 11) is 0. The minimum atomic E-state index is -0.344. The number of hydrogen-bond donors (Lipinski definition) is 1. The van der Waals surface area contributed by atoms with Crippen LogP contribution in [-0.2, 0) is 14.4 Å². The quantitative estimate of drug-likeness (QED) is 0.687. The number of fused-ring (bicyclic) bond motifs is 1. The number of anilines is 1. The second-order valence-corrected chi connectivity index (χ2v) is 6.34. The normalized spacial score (nSPS) is 23.1. The van der Waals surface area contributed by atoms with Gasteiger partial charge in [0, 0.05) is 5.69 Å². The lowest BCUT2D eigenvalue weighted by Crippen LogP contribution is -2.38. The number of benzene rings is 1. The van der Waals surface area contributed by atoms with Gasteiger partial charge in [-0.2, -0.15) is 0 Å². The summed E-state index contributed by atoms with van der Waals surface area (Å²) >= 11 is 0. The maximum Gasteiger partial charge on any atom is 0.244 e. The average molecular weight is 312 g/mol. The van der Waals surface area contributed by atoms with Crippen molar-refractivity contribution in [2.45, 2.75) is 26.7 Å². The second-order valence-electron chi connectivity index (χ2n) is 6.34. The molecule has 0 radical (unpaired) electrons. The van der Waals surface area contributed by atoms with Crippen molar-refractivity contribution in [3.05, 3.63) is 41.5 Å². The van der Waals surface area contributed by atoms with Crippen molar-refractivity contribution in [1.29, 1.82) is 0 Å². The molecule has 1 heterocycles. The van der Waals surface area contributed by atoms with E-state index in [2.05, 4.69) is 5.32 Å². The number of amides is 3. The third kappa shape index (κ3) is 3.04. The number of allylic oxidation sites excluding steroid dienone is 2. The first kappa shape index (κ1) is 15.5. The first-order chi connectivity index (χ1) is 11.0. The molecule has 120 valence electrons. The Hall–Kier alpha value is -2.43. The van der Waals surface area contributed by atoms with Crippen LogP contribution in [0.1, 0.15) is 24.0 Å². The third-order valence-corrected chi connectivity index (χ3v) is 4.41. The summed E-state index contributed by atoms with van der Waals surface area (Å²) in [5.41, 5.74) is 2.78. The number of nitrogens with zero attached hydrogens (tertiary/aromatic N) is 1. The summed E-state index contributed by atoms with van der Waals surface area (Å²) in [5, 5.41) is 2.77. The number of aryl methyl sites for hydroxylation is 2. The first-order valence-corrected chi connectivity index (χ1v) is 7.84. The number of rotatable bonds is 3. The van der Waals surface area contributed by atoms with Crippen molar-refractivity contribution in [3.63, 3.8) is 0 Å². The molecule has 2 atom stereocenters. The molecule has 0 bridgehead atoms. The van der Waals surface area contributed by atoms with Crippen LogP contribution in [0.3, 0.4) is 0 Å². The topological polar surface area (TPSA) is 66.5 Å². The molecule has 1 saturated heterocycles. The van der Waals surface area contributed by atoms with Crippen LogP contribution in [0, 0.1) is 25.7 Å². The maximum atomic E-state index is 12.3. The highest BCUT2D eigenvalue weighted by Gasteiger charge is 2.47. The predicted molar refractivity (Wildman–Crippen MR) is 86.6 cm³/mol. The standard InChI is InChI=1S/C18H20N2O3/c1-11-7-12(2)9-13(8-11)19-16(21)10-20-17(22)14-5-3-4-6-15(14)18(20)23/h3-4,7-9,14-15H,5-6,10H2,1-2H3,(H,19,21)/t14-,15-/m1/s1. The van der Waals surface area contributed by atoms with Crippen molar-refractivity contribution >= 4 is 23.4 Å². The number of likely N-dealkylation sites (tertiary alicyclic amines) is 1. The van der Waals surface area contributed by atoms with Gasteiger partial charge in [0.2, 0.25) is 17.7 Å². The fourth-order valence-electron chi connectivity index (χ4n) is 3.42. The zero-order chi connectivity index (χ0) is 16.6. The Bertz CT molecular complexity index is 662. The zero-order valence-corrected chi connectivity index (χ0v) is 13.3. The van der Waals surface area contributed by atoms with Crippen LogP contribution in [0.2, 0.25) is 0 Å². The van der Waals surface area contributed by atoms with Crippen LogP contribution in [0.25, 0.3) is 0 Å². The van der Waals surface area contributed by atoms with Gasteiger partial charge in [-0.15, -0.1) is 0 Å². The largest absolute Gasteiger partial charge is 0.325 e. The van der Waals surface area contributed by atoms with Crippen LogP contribution < -0.4 is 5.32 Å². The molecule has 0 spiro atoms. The highest BCUT2D eigenvalue weighted by molar-refractivity contribution is 6.08. The van der Waals surface area contributed by atoms with Gasteiger partial charge in [-0.25, -0.2) is 0 Å². The van der Waals surface area contributed by atoms with E-state index in [4.69, 9.17) is 0 Å². The summed E-state index contributed by atoms with van der Waals surface area (Å²) in [6.45, 7) is 3.69. The summed E-state index contributed by atoms with van der Waals surface area (Å²) in [6.07, 6.45) is 5.05. The summed E-state index contributed by atoms with van der Waals surface area (Å²) < 4.78 is 0.